The van der Waals surface area contributed by atoms with E-state index in [2.05, 4.69) is 15.3 Å². The van der Waals surface area contributed by atoms with Gasteiger partial charge in [0.2, 0.25) is 0 Å². The summed E-state index contributed by atoms with van der Waals surface area (Å²) in [6.07, 6.45) is 1.61. The van der Waals surface area contributed by atoms with E-state index in [4.69, 9.17) is 32.4 Å². The maximum absolute atomic E-state index is 13.8. The zero-order valence-electron chi connectivity index (χ0n) is 14.7. The number of furan rings is 1. The van der Waals surface area contributed by atoms with Crippen molar-refractivity contribution in [2.75, 3.05) is 5.32 Å². The Morgan fingerprint density at radius 3 is 2.57 bits per heavy atom. The van der Waals surface area contributed by atoms with Crippen molar-refractivity contribution in [3.63, 3.8) is 0 Å². The second-order valence-corrected chi connectivity index (χ2v) is 6.98. The smallest absolute Gasteiger partial charge is 0.324 e. The molecule has 0 fully saturated rings. The quantitative estimate of drug-likeness (QED) is 0.408. The van der Waals surface area contributed by atoms with E-state index >= 15 is 0 Å². The Hall–Kier alpha value is -2.83. The molecule has 0 aliphatic rings. The highest BCUT2D eigenvalue weighted by molar-refractivity contribution is 6.34. The van der Waals surface area contributed by atoms with Gasteiger partial charge in [0.1, 0.15) is 23.1 Å². The Labute approximate surface area is 170 Å². The van der Waals surface area contributed by atoms with Crippen LogP contribution in [0.5, 0.6) is 11.8 Å². The number of hydrogen-bond donors (Lipinski definition) is 1. The number of fused-ring (bicyclic) bond motifs is 1. The first-order chi connectivity index (χ1) is 13.5. The fourth-order valence-electron chi connectivity index (χ4n) is 2.70. The first-order valence-electron chi connectivity index (χ1n) is 8.36. The van der Waals surface area contributed by atoms with Gasteiger partial charge in [0.25, 0.3) is 0 Å². The highest BCUT2D eigenvalue weighted by atomic mass is 35.5. The molecule has 0 unspecified atom stereocenters. The molecule has 1 N–H and O–H groups in total. The molecule has 4 rings (SSSR count). The average molecular weight is 418 g/mol. The Kier molecular flexibility index (Phi) is 5.07. The van der Waals surface area contributed by atoms with Gasteiger partial charge in [-0.1, -0.05) is 23.2 Å². The summed E-state index contributed by atoms with van der Waals surface area (Å²) in [5, 5.41) is 4.55. The van der Waals surface area contributed by atoms with E-state index in [1.807, 2.05) is 13.0 Å². The zero-order chi connectivity index (χ0) is 19.7. The van der Waals surface area contributed by atoms with Gasteiger partial charge >= 0.3 is 6.01 Å². The molecule has 4 aromatic rings. The van der Waals surface area contributed by atoms with Gasteiger partial charge < -0.3 is 14.5 Å². The molecule has 8 heteroatoms. The van der Waals surface area contributed by atoms with E-state index in [0.717, 1.165) is 11.3 Å². The first kappa shape index (κ1) is 18.5. The number of aryl methyl sites for hydroxylation is 1. The van der Waals surface area contributed by atoms with Crippen molar-refractivity contribution in [2.24, 2.45) is 0 Å². The molecule has 0 bridgehead atoms. The van der Waals surface area contributed by atoms with Crippen molar-refractivity contribution in [1.29, 1.82) is 0 Å². The second kappa shape index (κ2) is 7.66. The van der Waals surface area contributed by atoms with Crippen LogP contribution >= 0.6 is 23.2 Å². The van der Waals surface area contributed by atoms with Gasteiger partial charge in [-0.2, -0.15) is 9.97 Å². The minimum atomic E-state index is -0.386. The van der Waals surface area contributed by atoms with Crippen LogP contribution in [0.1, 0.15) is 11.3 Å². The third-order valence-electron chi connectivity index (χ3n) is 4.07. The predicted octanol–water partition coefficient (Wildman–Crippen LogP) is 6.38. The van der Waals surface area contributed by atoms with Crippen LogP contribution in [0.3, 0.4) is 0 Å². The number of hydrogen-bond acceptors (Lipinski definition) is 5. The van der Waals surface area contributed by atoms with E-state index in [0.29, 0.717) is 39.1 Å². The number of nitrogens with one attached hydrogen (secondary N) is 1. The summed E-state index contributed by atoms with van der Waals surface area (Å²) in [4.78, 5) is 8.73. The third kappa shape index (κ3) is 4.03. The molecule has 0 atom stereocenters. The van der Waals surface area contributed by atoms with Crippen molar-refractivity contribution in [1.82, 2.24) is 9.97 Å². The fourth-order valence-corrected chi connectivity index (χ4v) is 3.21. The number of ether oxygens (including phenoxy) is 1. The molecule has 2 aromatic carbocycles. The van der Waals surface area contributed by atoms with Gasteiger partial charge in [-0.05, 0) is 55.0 Å². The number of nitrogens with zero attached hydrogens (tertiary/aromatic N) is 2. The van der Waals surface area contributed by atoms with Crippen molar-refractivity contribution in [3.05, 3.63) is 75.9 Å². The van der Waals surface area contributed by atoms with Crippen LogP contribution in [0.4, 0.5) is 10.2 Å². The van der Waals surface area contributed by atoms with Crippen molar-refractivity contribution < 1.29 is 13.5 Å². The number of aromatic nitrogens is 2. The molecule has 0 saturated heterocycles. The highest BCUT2D eigenvalue weighted by Crippen LogP contribution is 2.30. The number of benzene rings is 2. The summed E-state index contributed by atoms with van der Waals surface area (Å²) < 4.78 is 24.9. The third-order valence-corrected chi connectivity index (χ3v) is 4.50. The second-order valence-electron chi connectivity index (χ2n) is 6.10. The number of anilines is 1. The standard InChI is InChI=1S/C20H14Cl2FN3O2/c1-11-4-5-27-18(11)10-24-19-16-9-14(23)2-3-17(16)25-20(26-19)28-15-7-12(21)6-13(22)8-15/h2-9H,10H2,1H3,(H,24,25,26). The Balaban J connectivity index is 1.71. The van der Waals surface area contributed by atoms with Crippen LogP contribution in [-0.2, 0) is 6.54 Å². The lowest BCUT2D eigenvalue weighted by molar-refractivity contribution is 0.445. The predicted molar refractivity (Wildman–Crippen MR) is 107 cm³/mol. The van der Waals surface area contributed by atoms with Crippen molar-refractivity contribution in [3.8, 4) is 11.8 Å². The SMILES string of the molecule is Cc1ccoc1CNc1nc(Oc2cc(Cl)cc(Cl)c2)nc2ccc(F)cc12. The van der Waals surface area contributed by atoms with Gasteiger partial charge in [0.15, 0.2) is 0 Å². The summed E-state index contributed by atoms with van der Waals surface area (Å²) >= 11 is 12.0. The zero-order valence-corrected chi connectivity index (χ0v) is 16.2. The van der Waals surface area contributed by atoms with Crippen LogP contribution in [0.15, 0.2) is 53.1 Å². The normalized spacial score (nSPS) is 11.0. The van der Waals surface area contributed by atoms with Crippen LogP contribution in [-0.4, -0.2) is 9.97 Å². The van der Waals surface area contributed by atoms with Crippen LogP contribution < -0.4 is 10.1 Å². The van der Waals surface area contributed by atoms with E-state index in [-0.39, 0.29) is 11.8 Å². The maximum atomic E-state index is 13.8. The molecule has 2 heterocycles. The van der Waals surface area contributed by atoms with Gasteiger partial charge in [-0.15, -0.1) is 0 Å². The van der Waals surface area contributed by atoms with E-state index < -0.39 is 0 Å². The van der Waals surface area contributed by atoms with Crippen LogP contribution in [0.2, 0.25) is 10.0 Å². The Morgan fingerprint density at radius 2 is 1.86 bits per heavy atom. The van der Waals surface area contributed by atoms with Gasteiger partial charge in [-0.3, -0.25) is 0 Å². The molecule has 0 aliphatic heterocycles. The summed E-state index contributed by atoms with van der Waals surface area (Å²) in [5.41, 5.74) is 1.53. The lowest BCUT2D eigenvalue weighted by Gasteiger charge is -2.11. The molecule has 28 heavy (non-hydrogen) atoms. The monoisotopic (exact) mass is 417 g/mol. The molecule has 142 valence electrons. The molecular weight excluding hydrogens is 404 g/mol. The molecular formula is C20H14Cl2FN3O2. The first-order valence-corrected chi connectivity index (χ1v) is 9.11. The van der Waals surface area contributed by atoms with E-state index in [1.54, 1.807) is 30.5 Å². The lowest BCUT2D eigenvalue weighted by Crippen LogP contribution is -2.05. The minimum Gasteiger partial charge on any atom is -0.467 e. The Bertz CT molecular complexity index is 1140. The maximum Gasteiger partial charge on any atom is 0.324 e. The topological polar surface area (TPSA) is 60.2 Å². The number of halogens is 3. The van der Waals surface area contributed by atoms with Gasteiger partial charge in [0, 0.05) is 15.4 Å². The van der Waals surface area contributed by atoms with Gasteiger partial charge in [0.05, 0.1) is 18.3 Å². The molecule has 0 saturated carbocycles. The summed E-state index contributed by atoms with van der Waals surface area (Å²) in [7, 11) is 0. The molecule has 0 radical (unpaired) electrons. The number of rotatable bonds is 5. The molecule has 0 amide bonds. The molecule has 0 spiro atoms. The molecule has 2 aromatic heterocycles. The summed E-state index contributed by atoms with van der Waals surface area (Å²) in [6.45, 7) is 2.32. The summed E-state index contributed by atoms with van der Waals surface area (Å²) in [5.74, 6) is 1.19. The highest BCUT2D eigenvalue weighted by Gasteiger charge is 2.12. The molecule has 5 nitrogen and oxygen atoms in total. The van der Waals surface area contributed by atoms with Crippen LogP contribution in [0, 0.1) is 12.7 Å². The van der Waals surface area contributed by atoms with E-state index in [9.17, 15) is 4.39 Å². The molecule has 0 aliphatic carbocycles. The largest absolute Gasteiger partial charge is 0.467 e. The van der Waals surface area contributed by atoms with Crippen molar-refractivity contribution in [2.45, 2.75) is 13.5 Å². The van der Waals surface area contributed by atoms with Crippen molar-refractivity contribution >= 4 is 39.9 Å². The summed E-state index contributed by atoms with van der Waals surface area (Å²) in [6, 6.07) is 11.0. The van der Waals surface area contributed by atoms with Crippen LogP contribution in [0.25, 0.3) is 10.9 Å². The Morgan fingerprint density at radius 1 is 1.07 bits per heavy atom. The van der Waals surface area contributed by atoms with Gasteiger partial charge in [-0.25, -0.2) is 4.39 Å². The van der Waals surface area contributed by atoms with E-state index in [1.165, 1.54) is 12.1 Å². The lowest BCUT2D eigenvalue weighted by atomic mass is 10.2. The minimum absolute atomic E-state index is 0.0797. The fraction of sp³-hybridized carbons (Fsp3) is 0.100. The average Bonchev–Trinajstić information content (AvgIpc) is 3.04.